The average molecular weight is 182 g/mol. The summed E-state index contributed by atoms with van der Waals surface area (Å²) < 4.78 is 4.90. The maximum atomic E-state index is 5.78. The van der Waals surface area contributed by atoms with Crippen LogP contribution in [0, 0.1) is 0 Å². The van der Waals surface area contributed by atoms with Crippen molar-refractivity contribution in [1.29, 1.82) is 0 Å². The maximum absolute atomic E-state index is 5.78. The first-order chi connectivity index (χ1) is 6.34. The van der Waals surface area contributed by atoms with Crippen LogP contribution in [0.2, 0.25) is 0 Å². The van der Waals surface area contributed by atoms with E-state index in [1.165, 1.54) is 6.33 Å². The molecule has 0 amide bonds. The van der Waals surface area contributed by atoms with Gasteiger partial charge in [0.2, 0.25) is 5.89 Å². The Hall–Kier alpha value is -0.940. The second-order valence-corrected chi connectivity index (χ2v) is 3.43. The van der Waals surface area contributed by atoms with E-state index < -0.39 is 0 Å². The second-order valence-electron chi connectivity index (χ2n) is 3.43. The molecule has 1 unspecified atom stereocenters. The minimum atomic E-state index is 0.350. The Balaban J connectivity index is 1.74. The standard InChI is InChI=1S/C8H14N4O/c9-7-1-3-12(5-7)4-2-8-10-6-11-13-8/h6-7H,1-5,9H2. The van der Waals surface area contributed by atoms with Gasteiger partial charge in [0.15, 0.2) is 6.33 Å². The lowest BCUT2D eigenvalue weighted by Crippen LogP contribution is -2.28. The first-order valence-corrected chi connectivity index (χ1v) is 4.58. The molecule has 1 saturated heterocycles. The number of rotatable bonds is 3. The van der Waals surface area contributed by atoms with Crippen LogP contribution in [0.25, 0.3) is 0 Å². The van der Waals surface area contributed by atoms with E-state index in [1.54, 1.807) is 0 Å². The van der Waals surface area contributed by atoms with E-state index in [9.17, 15) is 0 Å². The van der Waals surface area contributed by atoms with Gasteiger partial charge in [0.1, 0.15) is 0 Å². The molecule has 0 bridgehead atoms. The largest absolute Gasteiger partial charge is 0.340 e. The summed E-state index contributed by atoms with van der Waals surface area (Å²) in [5.41, 5.74) is 5.78. The summed E-state index contributed by atoms with van der Waals surface area (Å²) in [4.78, 5) is 6.29. The van der Waals surface area contributed by atoms with Gasteiger partial charge in [-0.25, -0.2) is 0 Å². The van der Waals surface area contributed by atoms with Crippen molar-refractivity contribution >= 4 is 0 Å². The first-order valence-electron chi connectivity index (χ1n) is 4.58. The zero-order chi connectivity index (χ0) is 9.10. The summed E-state index contributed by atoms with van der Waals surface area (Å²) in [7, 11) is 0. The molecular weight excluding hydrogens is 168 g/mol. The quantitative estimate of drug-likeness (QED) is 0.691. The highest BCUT2D eigenvalue weighted by molar-refractivity contribution is 4.81. The summed E-state index contributed by atoms with van der Waals surface area (Å²) in [6.45, 7) is 3.05. The minimum absolute atomic E-state index is 0.350. The highest BCUT2D eigenvalue weighted by Crippen LogP contribution is 2.07. The van der Waals surface area contributed by atoms with Crippen LogP contribution in [0.3, 0.4) is 0 Å². The van der Waals surface area contributed by atoms with Crippen molar-refractivity contribution < 1.29 is 4.52 Å². The third-order valence-corrected chi connectivity index (χ3v) is 2.36. The van der Waals surface area contributed by atoms with E-state index in [4.69, 9.17) is 10.3 Å². The van der Waals surface area contributed by atoms with Gasteiger partial charge >= 0.3 is 0 Å². The predicted octanol–water partition coefficient (Wildman–Crippen LogP) is -0.355. The minimum Gasteiger partial charge on any atom is -0.340 e. The van der Waals surface area contributed by atoms with E-state index in [0.717, 1.165) is 32.5 Å². The molecule has 0 aromatic carbocycles. The maximum Gasteiger partial charge on any atom is 0.227 e. The molecule has 1 atom stereocenters. The molecule has 1 aliphatic rings. The molecule has 2 N–H and O–H groups in total. The predicted molar refractivity (Wildman–Crippen MR) is 47.0 cm³/mol. The fourth-order valence-corrected chi connectivity index (χ4v) is 1.63. The van der Waals surface area contributed by atoms with Gasteiger partial charge in [-0.05, 0) is 13.0 Å². The lowest BCUT2D eigenvalue weighted by atomic mass is 10.3. The van der Waals surface area contributed by atoms with Crippen molar-refractivity contribution in [3.63, 3.8) is 0 Å². The number of aromatic nitrogens is 2. The zero-order valence-electron chi connectivity index (χ0n) is 7.52. The lowest BCUT2D eigenvalue weighted by molar-refractivity contribution is 0.308. The highest BCUT2D eigenvalue weighted by Gasteiger charge is 2.18. The average Bonchev–Trinajstić information content (AvgIpc) is 2.71. The van der Waals surface area contributed by atoms with Crippen LogP contribution in [-0.2, 0) is 6.42 Å². The van der Waals surface area contributed by atoms with Crippen LogP contribution in [-0.4, -0.2) is 40.7 Å². The highest BCUT2D eigenvalue weighted by atomic mass is 16.5. The molecule has 5 heteroatoms. The van der Waals surface area contributed by atoms with Gasteiger partial charge in [-0.1, -0.05) is 5.16 Å². The summed E-state index contributed by atoms with van der Waals surface area (Å²) in [6, 6.07) is 0.350. The molecule has 0 radical (unpaired) electrons. The van der Waals surface area contributed by atoms with E-state index in [2.05, 4.69) is 15.0 Å². The Morgan fingerprint density at radius 1 is 1.69 bits per heavy atom. The molecule has 1 aromatic rings. The van der Waals surface area contributed by atoms with Crippen LogP contribution >= 0.6 is 0 Å². The van der Waals surface area contributed by atoms with Crippen LogP contribution < -0.4 is 5.73 Å². The third-order valence-electron chi connectivity index (χ3n) is 2.36. The number of likely N-dealkylation sites (tertiary alicyclic amines) is 1. The normalized spacial score (nSPS) is 23.9. The molecule has 1 aromatic heterocycles. The summed E-state index contributed by atoms with van der Waals surface area (Å²) in [6.07, 6.45) is 3.36. The van der Waals surface area contributed by atoms with E-state index in [-0.39, 0.29) is 0 Å². The van der Waals surface area contributed by atoms with Crippen molar-refractivity contribution in [3.05, 3.63) is 12.2 Å². The van der Waals surface area contributed by atoms with Crippen molar-refractivity contribution in [2.45, 2.75) is 18.9 Å². The van der Waals surface area contributed by atoms with Gasteiger partial charge in [0, 0.05) is 25.6 Å². The van der Waals surface area contributed by atoms with E-state index in [1.807, 2.05) is 0 Å². The van der Waals surface area contributed by atoms with Crippen molar-refractivity contribution in [2.75, 3.05) is 19.6 Å². The Morgan fingerprint density at radius 2 is 2.62 bits per heavy atom. The van der Waals surface area contributed by atoms with Crippen LogP contribution in [0.4, 0.5) is 0 Å². The Kier molecular flexibility index (Phi) is 2.56. The Morgan fingerprint density at radius 3 is 3.23 bits per heavy atom. The fraction of sp³-hybridized carbons (Fsp3) is 0.750. The molecule has 2 rings (SSSR count). The van der Waals surface area contributed by atoms with Crippen LogP contribution in [0.1, 0.15) is 12.3 Å². The molecule has 1 aliphatic heterocycles. The molecule has 0 spiro atoms. The van der Waals surface area contributed by atoms with Gasteiger partial charge in [0.25, 0.3) is 0 Å². The van der Waals surface area contributed by atoms with Gasteiger partial charge in [-0.3, -0.25) is 0 Å². The number of nitrogens with two attached hydrogens (primary N) is 1. The fourth-order valence-electron chi connectivity index (χ4n) is 1.63. The van der Waals surface area contributed by atoms with Crippen LogP contribution in [0.5, 0.6) is 0 Å². The Bertz CT molecular complexity index is 249. The molecule has 1 fully saturated rings. The molecular formula is C8H14N4O. The van der Waals surface area contributed by atoms with Gasteiger partial charge in [0.05, 0.1) is 0 Å². The van der Waals surface area contributed by atoms with E-state index in [0.29, 0.717) is 11.9 Å². The van der Waals surface area contributed by atoms with Gasteiger partial charge in [-0.15, -0.1) is 0 Å². The second kappa shape index (κ2) is 3.85. The SMILES string of the molecule is NC1CCN(CCc2ncno2)C1. The number of hydrogen-bond acceptors (Lipinski definition) is 5. The van der Waals surface area contributed by atoms with Crippen molar-refractivity contribution in [1.82, 2.24) is 15.0 Å². The lowest BCUT2D eigenvalue weighted by Gasteiger charge is -2.12. The van der Waals surface area contributed by atoms with Crippen molar-refractivity contribution in [2.24, 2.45) is 5.73 Å². The Labute approximate surface area is 76.9 Å². The monoisotopic (exact) mass is 182 g/mol. The molecule has 2 heterocycles. The van der Waals surface area contributed by atoms with E-state index >= 15 is 0 Å². The summed E-state index contributed by atoms with van der Waals surface area (Å²) >= 11 is 0. The third kappa shape index (κ3) is 2.26. The zero-order valence-corrected chi connectivity index (χ0v) is 7.52. The van der Waals surface area contributed by atoms with Gasteiger partial charge < -0.3 is 15.2 Å². The topological polar surface area (TPSA) is 68.2 Å². The molecule has 72 valence electrons. The number of hydrogen-bond donors (Lipinski definition) is 1. The van der Waals surface area contributed by atoms with Crippen molar-refractivity contribution in [3.8, 4) is 0 Å². The van der Waals surface area contributed by atoms with Crippen LogP contribution in [0.15, 0.2) is 10.9 Å². The molecule has 0 aliphatic carbocycles. The smallest absolute Gasteiger partial charge is 0.227 e. The summed E-state index contributed by atoms with van der Waals surface area (Å²) in [5, 5.41) is 3.55. The first kappa shape index (κ1) is 8.65. The van der Waals surface area contributed by atoms with Gasteiger partial charge in [-0.2, -0.15) is 4.98 Å². The number of nitrogens with zero attached hydrogens (tertiary/aromatic N) is 3. The molecule has 5 nitrogen and oxygen atoms in total. The molecule has 0 saturated carbocycles. The molecule has 13 heavy (non-hydrogen) atoms. The summed E-state index contributed by atoms with van der Waals surface area (Å²) in [5.74, 6) is 0.709.